The summed E-state index contributed by atoms with van der Waals surface area (Å²) in [5.74, 6) is 1.39. The van der Waals surface area contributed by atoms with Crippen LogP contribution in [0.25, 0.3) is 0 Å². The van der Waals surface area contributed by atoms with Gasteiger partial charge in [-0.15, -0.1) is 0 Å². The van der Waals surface area contributed by atoms with Crippen LogP contribution in [0.2, 0.25) is 0 Å². The Labute approximate surface area is 143 Å². The molecule has 1 aromatic carbocycles. The molecule has 0 amide bonds. The molecule has 2 aliphatic heterocycles. The van der Waals surface area contributed by atoms with E-state index in [-0.39, 0.29) is 5.97 Å². The maximum absolute atomic E-state index is 12.4. The van der Waals surface area contributed by atoms with Crippen molar-refractivity contribution in [3.8, 4) is 11.5 Å². The van der Waals surface area contributed by atoms with E-state index < -0.39 is 0 Å². The number of rotatable bonds is 5. The van der Waals surface area contributed by atoms with Crippen LogP contribution in [-0.2, 0) is 4.74 Å². The van der Waals surface area contributed by atoms with Crippen LogP contribution in [0.3, 0.4) is 0 Å². The Bertz CT molecular complexity index is 550. The molecule has 1 N–H and O–H groups in total. The highest BCUT2D eigenvalue weighted by Gasteiger charge is 2.37. The molecular weight excluding hydrogens is 306 g/mol. The van der Waals surface area contributed by atoms with Gasteiger partial charge >= 0.3 is 5.97 Å². The SMILES string of the molecule is COc1cc(OC)cc(C(=O)OC[C@@H]2CCC[NH+]3CCCC[C@H]23)c1. The Morgan fingerprint density at radius 2 is 1.75 bits per heavy atom. The molecule has 2 saturated heterocycles. The van der Waals surface area contributed by atoms with Gasteiger partial charge in [0.2, 0.25) is 0 Å². The zero-order chi connectivity index (χ0) is 16.9. The molecule has 5 heteroatoms. The van der Waals surface area contributed by atoms with Gasteiger partial charge in [0, 0.05) is 12.0 Å². The van der Waals surface area contributed by atoms with Crippen molar-refractivity contribution < 1.29 is 23.9 Å². The van der Waals surface area contributed by atoms with Crippen LogP contribution in [0.15, 0.2) is 18.2 Å². The smallest absolute Gasteiger partial charge is 0.338 e. The minimum atomic E-state index is -0.296. The first-order chi connectivity index (χ1) is 11.7. The first-order valence-corrected chi connectivity index (χ1v) is 8.96. The second-order valence-corrected chi connectivity index (χ2v) is 6.86. The predicted octanol–water partition coefficient (Wildman–Crippen LogP) is 1.71. The highest BCUT2D eigenvalue weighted by atomic mass is 16.5. The molecule has 2 fully saturated rings. The number of fused-ring (bicyclic) bond motifs is 1. The largest absolute Gasteiger partial charge is 0.497 e. The van der Waals surface area contributed by atoms with Crippen molar-refractivity contribution in [1.82, 2.24) is 0 Å². The van der Waals surface area contributed by atoms with Crippen molar-refractivity contribution in [2.24, 2.45) is 5.92 Å². The van der Waals surface area contributed by atoms with Gasteiger partial charge in [-0.05, 0) is 44.2 Å². The van der Waals surface area contributed by atoms with Crippen molar-refractivity contribution in [1.29, 1.82) is 0 Å². The van der Waals surface area contributed by atoms with Crippen LogP contribution in [0.4, 0.5) is 0 Å². The van der Waals surface area contributed by atoms with Crippen molar-refractivity contribution in [2.75, 3.05) is 33.9 Å². The summed E-state index contributed by atoms with van der Waals surface area (Å²) in [6.45, 7) is 3.08. The van der Waals surface area contributed by atoms with Gasteiger partial charge in [-0.2, -0.15) is 0 Å². The van der Waals surface area contributed by atoms with Gasteiger partial charge in [0.15, 0.2) is 0 Å². The zero-order valence-corrected chi connectivity index (χ0v) is 14.7. The lowest BCUT2D eigenvalue weighted by molar-refractivity contribution is -0.940. The second-order valence-electron chi connectivity index (χ2n) is 6.86. The van der Waals surface area contributed by atoms with E-state index in [0.29, 0.717) is 35.6 Å². The number of benzene rings is 1. The molecule has 2 aliphatic rings. The number of piperidine rings is 2. The Morgan fingerprint density at radius 1 is 1.04 bits per heavy atom. The molecular formula is C19H28NO4+. The summed E-state index contributed by atoms with van der Waals surface area (Å²) in [7, 11) is 3.15. The average Bonchev–Trinajstić information content (AvgIpc) is 2.65. The summed E-state index contributed by atoms with van der Waals surface area (Å²) in [6.07, 6.45) is 6.32. The van der Waals surface area contributed by atoms with E-state index in [4.69, 9.17) is 14.2 Å². The monoisotopic (exact) mass is 334 g/mol. The number of hydrogen-bond acceptors (Lipinski definition) is 4. The van der Waals surface area contributed by atoms with Gasteiger partial charge in [0.05, 0.1) is 38.9 Å². The molecule has 1 aromatic rings. The molecule has 1 unspecified atom stereocenters. The molecule has 0 saturated carbocycles. The zero-order valence-electron chi connectivity index (χ0n) is 14.7. The van der Waals surface area contributed by atoms with E-state index in [0.717, 1.165) is 0 Å². The van der Waals surface area contributed by atoms with Crippen molar-refractivity contribution >= 4 is 5.97 Å². The maximum atomic E-state index is 12.4. The molecule has 0 aromatic heterocycles. The van der Waals surface area contributed by atoms with E-state index in [9.17, 15) is 4.79 Å². The number of quaternary nitrogens is 1. The summed E-state index contributed by atoms with van der Waals surface area (Å²) in [4.78, 5) is 14.2. The average molecular weight is 334 g/mol. The summed E-state index contributed by atoms with van der Waals surface area (Å²) in [6, 6.07) is 5.81. The summed E-state index contributed by atoms with van der Waals surface area (Å²) >= 11 is 0. The van der Waals surface area contributed by atoms with Crippen molar-refractivity contribution in [3.63, 3.8) is 0 Å². The molecule has 2 heterocycles. The molecule has 5 nitrogen and oxygen atoms in total. The Hall–Kier alpha value is -1.75. The number of nitrogens with one attached hydrogen (secondary N) is 1. The van der Waals surface area contributed by atoms with Crippen molar-refractivity contribution in [2.45, 2.75) is 38.1 Å². The van der Waals surface area contributed by atoms with Gasteiger partial charge in [-0.1, -0.05) is 0 Å². The number of hydrogen-bond donors (Lipinski definition) is 1. The minimum absolute atomic E-state index is 0.296. The molecule has 24 heavy (non-hydrogen) atoms. The first kappa shape index (κ1) is 17.1. The summed E-state index contributed by atoms with van der Waals surface area (Å²) in [5, 5.41) is 0. The van der Waals surface area contributed by atoms with Crippen molar-refractivity contribution in [3.05, 3.63) is 23.8 Å². The lowest BCUT2D eigenvalue weighted by Crippen LogP contribution is -3.18. The summed E-state index contributed by atoms with van der Waals surface area (Å²) in [5.41, 5.74) is 0.481. The van der Waals surface area contributed by atoms with E-state index in [1.807, 2.05) is 0 Å². The quantitative estimate of drug-likeness (QED) is 0.833. The van der Waals surface area contributed by atoms with E-state index in [1.54, 1.807) is 37.3 Å². The molecule has 0 aliphatic carbocycles. The van der Waals surface area contributed by atoms with Gasteiger partial charge < -0.3 is 19.1 Å². The van der Waals surface area contributed by atoms with Crippen LogP contribution in [0.1, 0.15) is 42.5 Å². The fraction of sp³-hybridized carbons (Fsp3) is 0.632. The van der Waals surface area contributed by atoms with Gasteiger partial charge in [-0.3, -0.25) is 0 Å². The van der Waals surface area contributed by atoms with E-state index in [2.05, 4.69) is 0 Å². The number of ether oxygens (including phenoxy) is 3. The van der Waals surface area contributed by atoms with Crippen LogP contribution in [0.5, 0.6) is 11.5 Å². The Balaban J connectivity index is 1.62. The van der Waals surface area contributed by atoms with Crippen LogP contribution in [-0.4, -0.2) is 45.9 Å². The molecule has 3 rings (SSSR count). The number of esters is 1. The van der Waals surface area contributed by atoms with Gasteiger partial charge in [-0.25, -0.2) is 4.79 Å². The lowest BCUT2D eigenvalue weighted by atomic mass is 9.84. The van der Waals surface area contributed by atoms with Crippen LogP contribution < -0.4 is 14.4 Å². The Kier molecular flexibility index (Phi) is 5.61. The molecule has 0 bridgehead atoms. The van der Waals surface area contributed by atoms with Gasteiger partial charge in [0.25, 0.3) is 0 Å². The number of carbonyl (C=O) groups excluding carboxylic acids is 1. The standard InChI is InChI=1S/C19H27NO4/c1-22-16-10-15(11-17(12-16)23-2)19(21)24-13-14-6-5-9-20-8-4-3-7-18(14)20/h10-12,14,18H,3-9,13H2,1-2H3/p+1/t14-,18+/m0/s1. The third-order valence-electron chi connectivity index (χ3n) is 5.44. The molecule has 0 spiro atoms. The molecule has 132 valence electrons. The topological polar surface area (TPSA) is 49.2 Å². The third-order valence-corrected chi connectivity index (χ3v) is 5.44. The molecule has 3 atom stereocenters. The highest BCUT2D eigenvalue weighted by Crippen LogP contribution is 2.24. The predicted molar refractivity (Wildman–Crippen MR) is 90.9 cm³/mol. The van der Waals surface area contributed by atoms with Crippen LogP contribution >= 0.6 is 0 Å². The molecule has 0 radical (unpaired) electrons. The first-order valence-electron chi connectivity index (χ1n) is 8.96. The third kappa shape index (κ3) is 3.83. The normalized spacial score (nSPS) is 26.3. The van der Waals surface area contributed by atoms with E-state index >= 15 is 0 Å². The van der Waals surface area contributed by atoms with Gasteiger partial charge in [0.1, 0.15) is 18.1 Å². The Morgan fingerprint density at radius 3 is 2.46 bits per heavy atom. The minimum Gasteiger partial charge on any atom is -0.497 e. The number of methoxy groups -OCH3 is 2. The summed E-state index contributed by atoms with van der Waals surface area (Å²) < 4.78 is 16.1. The fourth-order valence-corrected chi connectivity index (χ4v) is 4.17. The second kappa shape index (κ2) is 7.88. The fourth-order valence-electron chi connectivity index (χ4n) is 4.17. The maximum Gasteiger partial charge on any atom is 0.338 e. The lowest BCUT2D eigenvalue weighted by Gasteiger charge is -2.40. The highest BCUT2D eigenvalue weighted by molar-refractivity contribution is 5.90. The van der Waals surface area contributed by atoms with Crippen LogP contribution in [0, 0.1) is 5.92 Å². The number of carbonyl (C=O) groups is 1. The van der Waals surface area contributed by atoms with E-state index in [1.165, 1.54) is 45.2 Å².